The minimum absolute atomic E-state index is 0.0666. The number of nitrogens with two attached hydrogens (primary N) is 1. The second-order valence-electron chi connectivity index (χ2n) is 11.1. The Balaban J connectivity index is 0.000000699. The molecule has 0 bridgehead atoms. The lowest BCUT2D eigenvalue weighted by molar-refractivity contribution is -0.148. The molecule has 238 valence electrons. The average molecular weight is 620 g/mol. The van der Waals surface area contributed by atoms with E-state index in [-0.39, 0.29) is 29.7 Å². The number of nitrogens with zero attached hydrogens (tertiary/aromatic N) is 2. The van der Waals surface area contributed by atoms with Crippen LogP contribution in [0.1, 0.15) is 58.6 Å². The summed E-state index contributed by atoms with van der Waals surface area (Å²) in [7, 11) is -4.02. The van der Waals surface area contributed by atoms with E-state index in [0.717, 1.165) is 11.1 Å². The van der Waals surface area contributed by atoms with E-state index in [9.17, 15) is 28.0 Å². The first-order valence-corrected chi connectivity index (χ1v) is 15.4. The third-order valence-corrected chi connectivity index (χ3v) is 7.01. The summed E-state index contributed by atoms with van der Waals surface area (Å²) in [6.07, 6.45) is 7.54. The Bertz CT molecular complexity index is 1300. The van der Waals surface area contributed by atoms with Crippen LogP contribution in [0.3, 0.4) is 0 Å². The third kappa shape index (κ3) is 13.9. The molecule has 43 heavy (non-hydrogen) atoms. The molecule has 0 radical (unpaired) electrons. The predicted molar refractivity (Wildman–Crippen MR) is 164 cm³/mol. The van der Waals surface area contributed by atoms with Gasteiger partial charge in [-0.25, -0.2) is 5.48 Å². The van der Waals surface area contributed by atoms with Gasteiger partial charge in [0.15, 0.2) is 0 Å². The fraction of sp³-hybridized carbons (Fsp3) is 0.467. The van der Waals surface area contributed by atoms with Crippen molar-refractivity contribution in [3.63, 3.8) is 0 Å². The number of benzene rings is 1. The predicted octanol–water partition coefficient (Wildman–Crippen LogP) is 3.37. The van der Waals surface area contributed by atoms with E-state index in [1.54, 1.807) is 55.1 Å². The van der Waals surface area contributed by atoms with Gasteiger partial charge in [-0.15, -0.1) is 0 Å². The largest absolute Gasteiger partial charge is 0.320 e. The van der Waals surface area contributed by atoms with Crippen LogP contribution >= 0.6 is 0 Å². The molecular formula is C30H45N5O7S. The zero-order valence-corrected chi connectivity index (χ0v) is 26.4. The van der Waals surface area contributed by atoms with Crippen molar-refractivity contribution in [2.75, 3.05) is 6.54 Å². The molecular weight excluding hydrogens is 574 g/mol. The molecule has 6 N–H and O–H groups in total. The van der Waals surface area contributed by atoms with Gasteiger partial charge in [-0.05, 0) is 62.3 Å². The molecule has 3 atom stereocenters. The molecule has 0 aliphatic rings. The minimum atomic E-state index is -4.02. The van der Waals surface area contributed by atoms with Gasteiger partial charge in [0.05, 0.1) is 22.8 Å². The fourth-order valence-corrected chi connectivity index (χ4v) is 4.53. The fourth-order valence-electron chi connectivity index (χ4n) is 4.05. The van der Waals surface area contributed by atoms with Crippen LogP contribution in [0.5, 0.6) is 0 Å². The van der Waals surface area contributed by atoms with Crippen LogP contribution in [0.4, 0.5) is 0 Å². The van der Waals surface area contributed by atoms with Gasteiger partial charge in [0.2, 0.25) is 11.8 Å². The van der Waals surface area contributed by atoms with Gasteiger partial charge in [-0.1, -0.05) is 63.6 Å². The summed E-state index contributed by atoms with van der Waals surface area (Å²) in [5, 5.41) is 10.5. The SMILES string of the molecule is CC(C)C[C@@H](C(=O)NN(CC(C)C)C(=O)[C@@H](C)N)[C@H](CC=Cc1cccnc1)C(=O)NO.Cc1ccc(S(=O)(=O)O)cc1. The molecule has 2 rings (SSSR count). The topological polar surface area (TPSA) is 192 Å². The number of amides is 3. The number of carbonyl (C=O) groups is 3. The van der Waals surface area contributed by atoms with Crippen molar-refractivity contribution in [2.24, 2.45) is 29.4 Å². The first kappa shape index (κ1) is 37.4. The highest BCUT2D eigenvalue weighted by atomic mass is 32.2. The highest BCUT2D eigenvalue weighted by Crippen LogP contribution is 2.25. The van der Waals surface area contributed by atoms with Crippen LogP contribution in [0.25, 0.3) is 6.08 Å². The van der Waals surface area contributed by atoms with Crippen LogP contribution < -0.4 is 16.6 Å². The van der Waals surface area contributed by atoms with Crippen molar-refractivity contribution >= 4 is 33.9 Å². The Morgan fingerprint density at radius 1 is 1.00 bits per heavy atom. The lowest BCUT2D eigenvalue weighted by Gasteiger charge is -2.31. The van der Waals surface area contributed by atoms with E-state index >= 15 is 0 Å². The van der Waals surface area contributed by atoms with E-state index < -0.39 is 45.7 Å². The molecule has 1 aromatic heterocycles. The van der Waals surface area contributed by atoms with E-state index in [1.807, 2.05) is 40.7 Å². The summed E-state index contributed by atoms with van der Waals surface area (Å²) in [6.45, 7) is 11.4. The zero-order chi connectivity index (χ0) is 32.7. The molecule has 0 saturated carbocycles. The summed E-state index contributed by atoms with van der Waals surface area (Å²) >= 11 is 0. The Hall–Kier alpha value is -3.65. The number of aryl methyl sites for hydroxylation is 1. The first-order chi connectivity index (χ1) is 20.1. The van der Waals surface area contributed by atoms with Crippen LogP contribution in [0.15, 0.2) is 59.8 Å². The number of hydrogen-bond acceptors (Lipinski definition) is 8. The molecule has 0 spiro atoms. The van der Waals surface area contributed by atoms with Crippen molar-refractivity contribution in [1.29, 1.82) is 0 Å². The Morgan fingerprint density at radius 3 is 2.09 bits per heavy atom. The van der Waals surface area contributed by atoms with Gasteiger partial charge in [0.1, 0.15) is 0 Å². The summed E-state index contributed by atoms with van der Waals surface area (Å²) in [6, 6.07) is 8.87. The smallest absolute Gasteiger partial charge is 0.294 e. The van der Waals surface area contributed by atoms with Crippen molar-refractivity contribution in [1.82, 2.24) is 20.9 Å². The summed E-state index contributed by atoms with van der Waals surface area (Å²) in [5.74, 6) is -2.93. The number of pyridine rings is 1. The molecule has 0 saturated heterocycles. The second kappa shape index (κ2) is 18.1. The molecule has 0 fully saturated rings. The van der Waals surface area contributed by atoms with E-state index in [1.165, 1.54) is 17.1 Å². The molecule has 2 aromatic rings. The van der Waals surface area contributed by atoms with Crippen molar-refractivity contribution in [3.8, 4) is 0 Å². The summed E-state index contributed by atoms with van der Waals surface area (Å²) < 4.78 is 29.6. The lowest BCUT2D eigenvalue weighted by atomic mass is 9.82. The first-order valence-electron chi connectivity index (χ1n) is 14.0. The standard InChI is InChI=1S/C23H37N5O4.C7H8O3S/c1-15(2)12-20(21(29)26-28(14-16(3)4)23(31)17(5)24)19(22(30)27-32)10-6-8-18-9-7-11-25-13-18;1-6-2-4-7(5-3-6)11(8,9)10/h6-9,11,13,15-17,19-20,32H,10,12,14,24H2,1-5H3,(H,26,29)(H,27,30);2-5H,1H3,(H,8,9,10)/t17-,19+,20-;/m1./s1. The maximum atomic E-state index is 13.3. The monoisotopic (exact) mass is 619 g/mol. The number of hydrogen-bond donors (Lipinski definition) is 5. The zero-order valence-electron chi connectivity index (χ0n) is 25.6. The van der Waals surface area contributed by atoms with Crippen molar-refractivity contribution in [3.05, 3.63) is 66.0 Å². The lowest BCUT2D eigenvalue weighted by Crippen LogP contribution is -2.55. The Labute approximate surface area is 254 Å². The quantitative estimate of drug-likeness (QED) is 0.135. The van der Waals surface area contributed by atoms with Crippen LogP contribution in [0, 0.1) is 30.6 Å². The van der Waals surface area contributed by atoms with Crippen LogP contribution in [0.2, 0.25) is 0 Å². The van der Waals surface area contributed by atoms with Gasteiger partial charge < -0.3 is 5.73 Å². The van der Waals surface area contributed by atoms with Crippen LogP contribution in [-0.4, -0.2) is 58.5 Å². The van der Waals surface area contributed by atoms with Crippen molar-refractivity contribution < 1.29 is 32.6 Å². The molecule has 1 aromatic carbocycles. The molecule has 13 heteroatoms. The van der Waals surface area contributed by atoms with Gasteiger partial charge in [0.25, 0.3) is 16.0 Å². The molecule has 1 heterocycles. The van der Waals surface area contributed by atoms with Gasteiger partial charge in [-0.3, -0.25) is 39.6 Å². The van der Waals surface area contributed by atoms with E-state index in [2.05, 4.69) is 10.4 Å². The molecule has 0 unspecified atom stereocenters. The Kier molecular flexibility index (Phi) is 15.7. The molecule has 0 aliphatic heterocycles. The number of nitrogens with one attached hydrogen (secondary N) is 2. The molecule has 3 amide bonds. The third-order valence-electron chi connectivity index (χ3n) is 6.15. The minimum Gasteiger partial charge on any atom is -0.320 e. The average Bonchev–Trinajstić information content (AvgIpc) is 2.93. The number of hydroxylamine groups is 1. The highest BCUT2D eigenvalue weighted by molar-refractivity contribution is 7.85. The number of allylic oxidation sites excluding steroid dienone is 1. The molecule has 12 nitrogen and oxygen atoms in total. The number of aromatic nitrogens is 1. The molecule has 0 aliphatic carbocycles. The Morgan fingerprint density at radius 2 is 1.63 bits per heavy atom. The van der Waals surface area contributed by atoms with Crippen LogP contribution in [-0.2, 0) is 24.5 Å². The van der Waals surface area contributed by atoms with E-state index in [4.69, 9.17) is 10.3 Å². The highest BCUT2D eigenvalue weighted by Gasteiger charge is 2.35. The maximum Gasteiger partial charge on any atom is 0.294 e. The van der Waals surface area contributed by atoms with Crippen molar-refractivity contribution in [2.45, 2.75) is 65.3 Å². The number of carbonyl (C=O) groups excluding carboxylic acids is 3. The summed E-state index contributed by atoms with van der Waals surface area (Å²) in [5.41, 5.74) is 11.9. The van der Waals surface area contributed by atoms with Gasteiger partial charge in [0, 0.05) is 18.9 Å². The maximum absolute atomic E-state index is 13.3. The number of hydrazine groups is 1. The normalized spacial score (nSPS) is 13.6. The summed E-state index contributed by atoms with van der Waals surface area (Å²) in [4.78, 5) is 42.2. The number of rotatable bonds is 12. The van der Waals surface area contributed by atoms with Gasteiger partial charge in [-0.2, -0.15) is 8.42 Å². The van der Waals surface area contributed by atoms with Gasteiger partial charge >= 0.3 is 0 Å². The van der Waals surface area contributed by atoms with E-state index in [0.29, 0.717) is 6.42 Å². The second-order valence-corrected chi connectivity index (χ2v) is 12.6.